The Morgan fingerprint density at radius 1 is 0.816 bits per heavy atom. The van der Waals surface area contributed by atoms with Crippen LogP contribution in [-0.2, 0) is 22.3 Å². The second kappa shape index (κ2) is 10.1. The molecule has 2 saturated heterocycles. The van der Waals surface area contributed by atoms with E-state index in [1.807, 2.05) is 24.8 Å². The van der Waals surface area contributed by atoms with Gasteiger partial charge in [0.1, 0.15) is 11.2 Å². The van der Waals surface area contributed by atoms with Crippen molar-refractivity contribution in [3.8, 4) is 11.8 Å². The fourth-order valence-corrected chi connectivity index (χ4v) is 5.18. The molecule has 2 N–H and O–H groups in total. The minimum Gasteiger partial charge on any atom is -0.471 e. The molecule has 12 heteroatoms. The van der Waals surface area contributed by atoms with Gasteiger partial charge >= 0.3 is 5.69 Å². The molecule has 0 amide bonds. The van der Waals surface area contributed by atoms with E-state index in [-0.39, 0.29) is 21.8 Å². The molecule has 4 aliphatic rings. The third-order valence-electron chi connectivity index (χ3n) is 6.89. The Hall–Kier alpha value is -3.38. The highest BCUT2D eigenvalue weighted by Gasteiger charge is 2.36. The van der Waals surface area contributed by atoms with Crippen LogP contribution in [-0.4, -0.2) is 78.7 Å². The monoisotopic (exact) mass is 528 g/mol. The number of hydrogen-bond donors (Lipinski definition) is 1. The first kappa shape index (κ1) is 26.2. The van der Waals surface area contributed by atoms with Gasteiger partial charge in [0.25, 0.3) is 0 Å². The average Bonchev–Trinajstić information content (AvgIpc) is 3.35. The van der Waals surface area contributed by atoms with Crippen molar-refractivity contribution in [3.05, 3.63) is 33.4 Å². The maximum atomic E-state index is 11.3. The largest absolute Gasteiger partial charge is 0.471 e. The van der Waals surface area contributed by atoms with Crippen LogP contribution >= 0.6 is 0 Å². The van der Waals surface area contributed by atoms with Crippen LogP contribution in [0, 0.1) is 10.1 Å². The molecule has 0 unspecified atom stereocenters. The van der Waals surface area contributed by atoms with Crippen molar-refractivity contribution in [3.63, 3.8) is 0 Å². The molecule has 2 aromatic heterocycles. The summed E-state index contributed by atoms with van der Waals surface area (Å²) >= 11 is 0. The van der Waals surface area contributed by atoms with E-state index in [9.17, 15) is 10.1 Å². The van der Waals surface area contributed by atoms with Crippen molar-refractivity contribution >= 4 is 23.0 Å². The van der Waals surface area contributed by atoms with Gasteiger partial charge in [-0.1, -0.05) is 0 Å². The highest BCUT2D eigenvalue weighted by atomic mass is 16.6. The van der Waals surface area contributed by atoms with Crippen LogP contribution in [0.4, 0.5) is 23.0 Å². The molecule has 0 aromatic carbocycles. The zero-order valence-electron chi connectivity index (χ0n) is 22.5. The molecule has 0 saturated carbocycles. The van der Waals surface area contributed by atoms with Gasteiger partial charge in [-0.25, -0.2) is 0 Å². The number of rotatable bonds is 3. The van der Waals surface area contributed by atoms with Crippen LogP contribution in [0.25, 0.3) is 0 Å². The first-order valence-electron chi connectivity index (χ1n) is 13.0. The second-order valence-electron chi connectivity index (χ2n) is 11.2. The van der Waals surface area contributed by atoms with Gasteiger partial charge in [0.15, 0.2) is 5.82 Å². The molecule has 6 rings (SSSR count). The number of nitro groups is 1. The number of hydrogen-bond acceptors (Lipinski definition) is 11. The van der Waals surface area contributed by atoms with Gasteiger partial charge in [-0.05, 0) is 33.8 Å². The molecule has 0 aliphatic carbocycles. The summed E-state index contributed by atoms with van der Waals surface area (Å²) in [5, 5.41) is 11.3. The Labute approximate surface area is 222 Å². The zero-order valence-corrected chi connectivity index (χ0v) is 22.5. The lowest BCUT2D eigenvalue weighted by molar-refractivity contribution is -0.384. The summed E-state index contributed by atoms with van der Waals surface area (Å²) in [5.41, 5.74) is 8.27. The summed E-state index contributed by atoms with van der Waals surface area (Å²) in [6.45, 7) is 13.5. The number of anilines is 3. The second-order valence-corrected chi connectivity index (χ2v) is 11.2. The number of nitrogens with zero attached hydrogens (tertiary/aromatic N) is 5. The lowest BCUT2D eigenvalue weighted by Crippen LogP contribution is -2.37. The molecule has 0 bridgehead atoms. The van der Waals surface area contributed by atoms with E-state index in [2.05, 4.69) is 28.7 Å². The molecule has 2 aromatic rings. The SMILES string of the molecule is CC1(C)Cc2cc(N)c(N3CCOCC3)nc2O1.CC1(C)Cc2cc([N+](=O)[O-])c(N3CCOCC3)nc2O1. The standard InChI is InChI=1S/C13H17N3O4.C13H19N3O2/c1-13(2)8-9-7-10(16(17)18)11(14-12(9)20-13)15-3-5-19-6-4-15;1-13(2)8-9-7-10(14)11(15-12(9)18-13)16-3-5-17-6-4-16/h7H,3-6,8H2,1-2H3;7H,3-6,8,14H2,1-2H3. The van der Waals surface area contributed by atoms with Crippen molar-refractivity contribution in [2.45, 2.75) is 51.7 Å². The topological polar surface area (TPSA) is 138 Å². The smallest absolute Gasteiger partial charge is 0.312 e. The van der Waals surface area contributed by atoms with E-state index in [1.165, 1.54) is 0 Å². The van der Waals surface area contributed by atoms with Gasteiger partial charge in [0, 0.05) is 56.2 Å². The number of pyridine rings is 2. The molecule has 0 atom stereocenters. The van der Waals surface area contributed by atoms with E-state index >= 15 is 0 Å². The molecule has 0 spiro atoms. The predicted octanol–water partition coefficient (Wildman–Crippen LogP) is 2.75. The molecule has 206 valence electrons. The lowest BCUT2D eigenvalue weighted by Gasteiger charge is -2.29. The predicted molar refractivity (Wildman–Crippen MR) is 142 cm³/mol. The van der Waals surface area contributed by atoms with Crippen LogP contribution in [0.1, 0.15) is 38.8 Å². The van der Waals surface area contributed by atoms with Gasteiger partial charge in [0.05, 0.1) is 37.0 Å². The first-order valence-corrected chi connectivity index (χ1v) is 13.0. The maximum absolute atomic E-state index is 11.3. The molecule has 4 aliphatic heterocycles. The minimum absolute atomic E-state index is 0.0481. The van der Waals surface area contributed by atoms with Crippen molar-refractivity contribution in [1.29, 1.82) is 0 Å². The molecular weight excluding hydrogens is 492 g/mol. The Bertz CT molecular complexity index is 1210. The Morgan fingerprint density at radius 3 is 1.76 bits per heavy atom. The lowest BCUT2D eigenvalue weighted by atomic mass is 10.0. The van der Waals surface area contributed by atoms with Gasteiger partial charge < -0.3 is 34.5 Å². The van der Waals surface area contributed by atoms with Crippen molar-refractivity contribution < 1.29 is 23.9 Å². The summed E-state index contributed by atoms with van der Waals surface area (Å²) < 4.78 is 22.2. The highest BCUT2D eigenvalue weighted by molar-refractivity contribution is 5.66. The van der Waals surface area contributed by atoms with E-state index in [4.69, 9.17) is 24.7 Å². The first-order chi connectivity index (χ1) is 18.0. The van der Waals surface area contributed by atoms with E-state index in [1.54, 1.807) is 6.07 Å². The number of aromatic nitrogens is 2. The summed E-state index contributed by atoms with van der Waals surface area (Å²) in [4.78, 5) is 24.0. The number of nitrogen functional groups attached to an aromatic ring is 1. The fraction of sp³-hybridized carbons (Fsp3) is 0.615. The van der Waals surface area contributed by atoms with E-state index in [0.29, 0.717) is 44.4 Å². The fourth-order valence-electron chi connectivity index (χ4n) is 5.18. The van der Waals surface area contributed by atoms with Crippen molar-refractivity contribution in [1.82, 2.24) is 9.97 Å². The molecule has 12 nitrogen and oxygen atoms in total. The molecule has 38 heavy (non-hydrogen) atoms. The summed E-state index contributed by atoms with van der Waals surface area (Å²) in [6.07, 6.45) is 1.50. The average molecular weight is 529 g/mol. The van der Waals surface area contributed by atoms with E-state index in [0.717, 1.165) is 61.2 Å². The third kappa shape index (κ3) is 5.56. The zero-order chi connectivity index (χ0) is 27.1. The van der Waals surface area contributed by atoms with Crippen molar-refractivity contribution in [2.75, 3.05) is 68.1 Å². The third-order valence-corrected chi connectivity index (χ3v) is 6.89. The van der Waals surface area contributed by atoms with Gasteiger partial charge in [0.2, 0.25) is 17.6 Å². The van der Waals surface area contributed by atoms with Crippen LogP contribution in [0.5, 0.6) is 11.8 Å². The molecule has 0 radical (unpaired) electrons. The molecular formula is C26H36N6O6. The van der Waals surface area contributed by atoms with Gasteiger partial charge in [-0.2, -0.15) is 9.97 Å². The number of fused-ring (bicyclic) bond motifs is 2. The Kier molecular flexibility index (Phi) is 6.95. The molecule has 2 fully saturated rings. The maximum Gasteiger partial charge on any atom is 0.312 e. The number of ether oxygens (including phenoxy) is 4. The van der Waals surface area contributed by atoms with Crippen LogP contribution < -0.4 is 25.0 Å². The number of morpholine rings is 2. The van der Waals surface area contributed by atoms with Crippen LogP contribution in [0.15, 0.2) is 12.1 Å². The van der Waals surface area contributed by atoms with Gasteiger partial charge in [-0.3, -0.25) is 10.1 Å². The highest BCUT2D eigenvalue weighted by Crippen LogP contribution is 2.40. The van der Waals surface area contributed by atoms with Crippen LogP contribution in [0.3, 0.4) is 0 Å². The Balaban J connectivity index is 0.000000156. The normalized spacial score (nSPS) is 20.9. The summed E-state index contributed by atoms with van der Waals surface area (Å²) in [6, 6.07) is 3.60. The van der Waals surface area contributed by atoms with Crippen molar-refractivity contribution in [2.24, 2.45) is 0 Å². The summed E-state index contributed by atoms with van der Waals surface area (Å²) in [7, 11) is 0. The van der Waals surface area contributed by atoms with E-state index < -0.39 is 0 Å². The van der Waals surface area contributed by atoms with Gasteiger partial charge in [-0.15, -0.1) is 0 Å². The molecule has 6 heterocycles. The Morgan fingerprint density at radius 2 is 1.26 bits per heavy atom. The number of nitrogens with two attached hydrogens (primary N) is 1. The quantitative estimate of drug-likeness (QED) is 0.465. The minimum atomic E-state index is -0.372. The summed E-state index contributed by atoms with van der Waals surface area (Å²) in [5.74, 6) is 2.46. The van der Waals surface area contributed by atoms with Crippen LogP contribution in [0.2, 0.25) is 0 Å².